The summed E-state index contributed by atoms with van der Waals surface area (Å²) in [5.74, 6) is 0.781. The number of ketones is 1. The Morgan fingerprint density at radius 2 is 1.50 bits per heavy atom. The summed E-state index contributed by atoms with van der Waals surface area (Å²) >= 11 is 5.86. The molecule has 1 atom stereocenters. The Kier molecular flexibility index (Phi) is 5.54. The number of hydrogen-bond donors (Lipinski definition) is 0. The summed E-state index contributed by atoms with van der Waals surface area (Å²) in [5.41, 5.74) is 1.28. The number of carbonyl (C=O) groups excluding carboxylic acids is 1. The monoisotopic (exact) mass is 343 g/mol. The van der Waals surface area contributed by atoms with Gasteiger partial charge in [0.05, 0.1) is 0 Å². The van der Waals surface area contributed by atoms with Crippen molar-refractivity contribution < 1.29 is 9.53 Å². The molecule has 0 radical (unpaired) electrons. The summed E-state index contributed by atoms with van der Waals surface area (Å²) in [5, 5.41) is 0.627. The number of halogens is 1. The van der Waals surface area contributed by atoms with E-state index < -0.39 is 0 Å². The van der Waals surface area contributed by atoms with Crippen LogP contribution in [0.2, 0.25) is 5.02 Å². The number of likely N-dealkylation sites (tertiary alicyclic amines) is 1. The molecular weight excluding hydrogens is 322 g/mol. The van der Waals surface area contributed by atoms with Crippen molar-refractivity contribution in [1.29, 1.82) is 0 Å². The zero-order valence-corrected chi connectivity index (χ0v) is 14.6. The molecule has 24 heavy (non-hydrogen) atoms. The van der Waals surface area contributed by atoms with Gasteiger partial charge in [-0.2, -0.15) is 0 Å². The van der Waals surface area contributed by atoms with Crippen LogP contribution < -0.4 is 4.74 Å². The molecule has 1 heterocycles. The maximum Gasteiger partial charge on any atom is 0.193 e. The molecular formula is C20H22ClNO2. The lowest BCUT2D eigenvalue weighted by molar-refractivity contribution is 0.0262. The van der Waals surface area contributed by atoms with E-state index >= 15 is 0 Å². The molecule has 0 spiro atoms. The fourth-order valence-corrected chi connectivity index (χ4v) is 3.13. The van der Waals surface area contributed by atoms with Crippen molar-refractivity contribution in [2.75, 3.05) is 13.1 Å². The lowest BCUT2D eigenvalue weighted by atomic mass is 10.0. The number of ether oxygens (including phenoxy) is 1. The Morgan fingerprint density at radius 1 is 0.958 bits per heavy atom. The van der Waals surface area contributed by atoms with E-state index in [0.717, 1.165) is 18.8 Å². The Morgan fingerprint density at radius 3 is 2.08 bits per heavy atom. The van der Waals surface area contributed by atoms with Crippen molar-refractivity contribution in [1.82, 2.24) is 4.90 Å². The molecule has 2 aromatic carbocycles. The Hall–Kier alpha value is -1.84. The number of carbonyl (C=O) groups is 1. The molecule has 0 N–H and O–H groups in total. The fourth-order valence-electron chi connectivity index (χ4n) is 3.01. The van der Waals surface area contributed by atoms with Crippen molar-refractivity contribution in [3.05, 3.63) is 64.7 Å². The molecule has 1 aliphatic heterocycles. The smallest absolute Gasteiger partial charge is 0.193 e. The predicted molar refractivity (Wildman–Crippen MR) is 96.8 cm³/mol. The molecule has 3 rings (SSSR count). The Bertz CT molecular complexity index is 676. The van der Waals surface area contributed by atoms with Gasteiger partial charge in [0.1, 0.15) is 12.0 Å². The molecule has 0 saturated carbocycles. The van der Waals surface area contributed by atoms with Crippen molar-refractivity contribution in [3.8, 4) is 5.75 Å². The second-order valence-corrected chi connectivity index (χ2v) is 6.61. The second-order valence-electron chi connectivity index (χ2n) is 6.17. The standard InChI is InChI=1S/C20H22ClNO2/c1-15(22-13-3-2-4-14-22)24-19-11-7-17(8-12-19)20(23)16-5-9-18(21)10-6-16/h5-12,15H,2-4,13-14H2,1H3. The molecule has 0 bridgehead atoms. The van der Waals surface area contributed by atoms with Gasteiger partial charge in [0.25, 0.3) is 0 Å². The largest absolute Gasteiger partial charge is 0.475 e. The highest BCUT2D eigenvalue weighted by atomic mass is 35.5. The summed E-state index contributed by atoms with van der Waals surface area (Å²) in [6.45, 7) is 4.26. The van der Waals surface area contributed by atoms with E-state index in [0.29, 0.717) is 16.1 Å². The first-order chi connectivity index (χ1) is 11.6. The van der Waals surface area contributed by atoms with Crippen LogP contribution in [0.3, 0.4) is 0 Å². The highest BCUT2D eigenvalue weighted by molar-refractivity contribution is 6.30. The van der Waals surface area contributed by atoms with Crippen LogP contribution in [0.4, 0.5) is 0 Å². The summed E-state index contributed by atoms with van der Waals surface area (Å²) < 4.78 is 6.01. The molecule has 1 fully saturated rings. The van der Waals surface area contributed by atoms with Gasteiger partial charge in [-0.05, 0) is 68.3 Å². The Labute approximate surface area is 148 Å². The number of benzene rings is 2. The van der Waals surface area contributed by atoms with Crippen LogP contribution >= 0.6 is 11.6 Å². The third kappa shape index (κ3) is 4.16. The molecule has 1 aliphatic rings. The molecule has 0 aliphatic carbocycles. The number of rotatable bonds is 5. The van der Waals surface area contributed by atoms with Crippen molar-refractivity contribution in [2.45, 2.75) is 32.4 Å². The number of nitrogens with zero attached hydrogens (tertiary/aromatic N) is 1. The van der Waals surface area contributed by atoms with E-state index in [1.807, 2.05) is 24.3 Å². The maximum atomic E-state index is 12.4. The lowest BCUT2D eigenvalue weighted by Gasteiger charge is -2.32. The summed E-state index contributed by atoms with van der Waals surface area (Å²) in [4.78, 5) is 14.8. The molecule has 0 amide bonds. The zero-order valence-electron chi connectivity index (χ0n) is 13.9. The van der Waals surface area contributed by atoms with Gasteiger partial charge in [-0.15, -0.1) is 0 Å². The molecule has 1 saturated heterocycles. The van der Waals surface area contributed by atoms with Gasteiger partial charge in [0.2, 0.25) is 0 Å². The predicted octanol–water partition coefficient (Wildman–Crippen LogP) is 4.78. The second kappa shape index (κ2) is 7.82. The minimum absolute atomic E-state index is 0.0118. The lowest BCUT2D eigenvalue weighted by Crippen LogP contribution is -2.40. The summed E-state index contributed by atoms with van der Waals surface area (Å²) in [6, 6.07) is 14.3. The minimum atomic E-state index is -0.0118. The van der Waals surface area contributed by atoms with Crippen LogP contribution in [0.1, 0.15) is 42.1 Å². The SMILES string of the molecule is CC(Oc1ccc(C(=O)c2ccc(Cl)cc2)cc1)N1CCCCC1. The van der Waals surface area contributed by atoms with Gasteiger partial charge < -0.3 is 4.74 Å². The van der Waals surface area contributed by atoms with Gasteiger partial charge in [0, 0.05) is 29.2 Å². The van der Waals surface area contributed by atoms with Gasteiger partial charge in [0.15, 0.2) is 5.78 Å². The fraction of sp³-hybridized carbons (Fsp3) is 0.350. The molecule has 0 aromatic heterocycles. The van der Waals surface area contributed by atoms with E-state index in [-0.39, 0.29) is 12.0 Å². The first-order valence-electron chi connectivity index (χ1n) is 8.44. The van der Waals surface area contributed by atoms with Crippen molar-refractivity contribution in [2.24, 2.45) is 0 Å². The van der Waals surface area contributed by atoms with Crippen LogP contribution in [-0.2, 0) is 0 Å². The Balaban J connectivity index is 1.64. The maximum absolute atomic E-state index is 12.4. The highest BCUT2D eigenvalue weighted by Gasteiger charge is 2.18. The third-order valence-corrected chi connectivity index (χ3v) is 4.69. The van der Waals surface area contributed by atoms with E-state index in [1.165, 1.54) is 19.3 Å². The summed E-state index contributed by atoms with van der Waals surface area (Å²) in [7, 11) is 0. The minimum Gasteiger partial charge on any atom is -0.475 e. The molecule has 4 heteroatoms. The zero-order chi connectivity index (χ0) is 16.9. The van der Waals surface area contributed by atoms with Crippen LogP contribution in [-0.4, -0.2) is 30.0 Å². The first kappa shape index (κ1) is 17.0. The van der Waals surface area contributed by atoms with E-state index in [4.69, 9.17) is 16.3 Å². The molecule has 126 valence electrons. The average molecular weight is 344 g/mol. The molecule has 3 nitrogen and oxygen atoms in total. The van der Waals surface area contributed by atoms with Crippen LogP contribution in [0, 0.1) is 0 Å². The average Bonchev–Trinajstić information content (AvgIpc) is 2.63. The van der Waals surface area contributed by atoms with Crippen LogP contribution in [0.5, 0.6) is 5.75 Å². The summed E-state index contributed by atoms with van der Waals surface area (Å²) in [6.07, 6.45) is 3.85. The third-order valence-electron chi connectivity index (χ3n) is 4.43. The van der Waals surface area contributed by atoms with E-state index in [2.05, 4.69) is 11.8 Å². The topological polar surface area (TPSA) is 29.5 Å². The van der Waals surface area contributed by atoms with Crippen molar-refractivity contribution >= 4 is 17.4 Å². The quantitative estimate of drug-likeness (QED) is 0.731. The van der Waals surface area contributed by atoms with Gasteiger partial charge in [-0.25, -0.2) is 0 Å². The first-order valence-corrected chi connectivity index (χ1v) is 8.82. The van der Waals surface area contributed by atoms with Crippen LogP contribution in [0.15, 0.2) is 48.5 Å². The van der Waals surface area contributed by atoms with Gasteiger partial charge in [-0.1, -0.05) is 18.0 Å². The number of hydrogen-bond acceptors (Lipinski definition) is 3. The van der Waals surface area contributed by atoms with Gasteiger partial charge in [-0.3, -0.25) is 9.69 Å². The number of piperidine rings is 1. The van der Waals surface area contributed by atoms with E-state index in [9.17, 15) is 4.79 Å². The normalized spacial score (nSPS) is 16.6. The van der Waals surface area contributed by atoms with Crippen LogP contribution in [0.25, 0.3) is 0 Å². The van der Waals surface area contributed by atoms with Crippen molar-refractivity contribution in [3.63, 3.8) is 0 Å². The van der Waals surface area contributed by atoms with E-state index in [1.54, 1.807) is 24.3 Å². The highest BCUT2D eigenvalue weighted by Crippen LogP contribution is 2.20. The molecule has 1 unspecified atom stereocenters. The van der Waals surface area contributed by atoms with Gasteiger partial charge >= 0.3 is 0 Å². The molecule has 2 aromatic rings.